The molecular formula is C22H29N3O2. The van der Waals surface area contributed by atoms with Gasteiger partial charge in [0.25, 0.3) is 5.56 Å². The summed E-state index contributed by atoms with van der Waals surface area (Å²) >= 11 is 0. The Kier molecular flexibility index (Phi) is 5.06. The minimum Gasteiger partial charge on any atom is -0.497 e. The number of hydrogen-bond donors (Lipinski definition) is 0. The molecule has 0 saturated carbocycles. The molecule has 2 bridgehead atoms. The number of hydrogen-bond acceptors (Lipinski definition) is 4. The van der Waals surface area contributed by atoms with Gasteiger partial charge in [0.1, 0.15) is 5.75 Å². The van der Waals surface area contributed by atoms with E-state index in [9.17, 15) is 4.79 Å². The van der Waals surface area contributed by atoms with Gasteiger partial charge in [0, 0.05) is 43.9 Å². The van der Waals surface area contributed by atoms with E-state index in [0.717, 1.165) is 31.9 Å². The van der Waals surface area contributed by atoms with Crippen LogP contribution in [-0.2, 0) is 6.54 Å². The van der Waals surface area contributed by atoms with Crippen LogP contribution in [0, 0.1) is 5.92 Å². The van der Waals surface area contributed by atoms with Crippen LogP contribution in [-0.4, -0.2) is 55.2 Å². The zero-order valence-electron chi connectivity index (χ0n) is 16.5. The third kappa shape index (κ3) is 3.66. The van der Waals surface area contributed by atoms with E-state index in [-0.39, 0.29) is 11.6 Å². The first-order chi connectivity index (χ1) is 13.0. The van der Waals surface area contributed by atoms with Crippen molar-refractivity contribution in [1.29, 1.82) is 0 Å². The van der Waals surface area contributed by atoms with Gasteiger partial charge in [0.15, 0.2) is 0 Å². The Labute approximate surface area is 161 Å². The van der Waals surface area contributed by atoms with Gasteiger partial charge in [-0.2, -0.15) is 0 Å². The Balaban J connectivity index is 1.62. The standard InChI is InChI=1S/C22H29N3O2/c1-23(2)15-21-18-11-17(20-8-5-9-22(26)25(20)21)13-24(14-18)12-16-6-4-7-19(10-16)27-3/h4-10,17-18,21H,11-15H2,1-3H3/t17-,18+,21+/m1/s1. The predicted octanol–water partition coefficient (Wildman–Crippen LogP) is 2.58. The lowest BCUT2D eigenvalue weighted by atomic mass is 9.78. The fourth-order valence-corrected chi connectivity index (χ4v) is 4.90. The van der Waals surface area contributed by atoms with Gasteiger partial charge in [-0.3, -0.25) is 9.69 Å². The molecule has 0 N–H and O–H groups in total. The summed E-state index contributed by atoms with van der Waals surface area (Å²) in [4.78, 5) is 17.4. The van der Waals surface area contributed by atoms with Gasteiger partial charge in [0.2, 0.25) is 0 Å². The normalized spacial score (nSPS) is 24.7. The quantitative estimate of drug-likeness (QED) is 0.814. The predicted molar refractivity (Wildman–Crippen MR) is 107 cm³/mol. The molecular weight excluding hydrogens is 338 g/mol. The third-order valence-corrected chi connectivity index (χ3v) is 5.97. The maximum Gasteiger partial charge on any atom is 0.251 e. The number of benzene rings is 1. The minimum atomic E-state index is 0.148. The van der Waals surface area contributed by atoms with Crippen molar-refractivity contribution in [2.75, 3.05) is 40.8 Å². The number of aromatic nitrogens is 1. The van der Waals surface area contributed by atoms with Crippen LogP contribution in [0.3, 0.4) is 0 Å². The first-order valence-electron chi connectivity index (χ1n) is 9.76. The number of rotatable bonds is 5. The van der Waals surface area contributed by atoms with E-state index in [4.69, 9.17) is 4.74 Å². The summed E-state index contributed by atoms with van der Waals surface area (Å²) in [6.07, 6.45) is 1.18. The van der Waals surface area contributed by atoms with E-state index in [1.807, 2.05) is 12.1 Å². The molecule has 4 rings (SSSR count). The maximum atomic E-state index is 12.6. The number of likely N-dealkylation sites (tertiary alicyclic amines) is 1. The molecule has 2 aromatic rings. The summed E-state index contributed by atoms with van der Waals surface area (Å²) in [5, 5.41) is 0. The second-order valence-corrected chi connectivity index (χ2v) is 8.23. The van der Waals surface area contributed by atoms with Crippen molar-refractivity contribution in [3.8, 4) is 5.75 Å². The fraction of sp³-hybridized carbons (Fsp3) is 0.500. The highest BCUT2D eigenvalue weighted by Gasteiger charge is 2.40. The van der Waals surface area contributed by atoms with Crippen LogP contribution in [0.15, 0.2) is 47.3 Å². The van der Waals surface area contributed by atoms with Crippen molar-refractivity contribution in [3.63, 3.8) is 0 Å². The second kappa shape index (κ2) is 7.49. The zero-order valence-corrected chi connectivity index (χ0v) is 16.5. The minimum absolute atomic E-state index is 0.148. The van der Waals surface area contributed by atoms with Gasteiger partial charge in [-0.15, -0.1) is 0 Å². The molecule has 3 atom stereocenters. The molecule has 144 valence electrons. The summed E-state index contributed by atoms with van der Waals surface area (Å²) in [5.74, 6) is 1.85. The highest BCUT2D eigenvalue weighted by Crippen LogP contribution is 2.41. The van der Waals surface area contributed by atoms with Crippen molar-refractivity contribution < 1.29 is 4.74 Å². The molecule has 2 aliphatic heterocycles. The van der Waals surface area contributed by atoms with E-state index < -0.39 is 0 Å². The molecule has 0 amide bonds. The Bertz CT molecular complexity index is 861. The molecule has 1 aromatic heterocycles. The lowest BCUT2D eigenvalue weighted by molar-refractivity contribution is 0.0743. The Hall–Kier alpha value is -2.11. The fourth-order valence-electron chi connectivity index (χ4n) is 4.90. The number of piperidine rings is 1. The van der Waals surface area contributed by atoms with E-state index in [1.54, 1.807) is 13.2 Å². The molecule has 0 aliphatic carbocycles. The number of ether oxygens (including phenoxy) is 1. The number of likely N-dealkylation sites (N-methyl/N-ethyl adjacent to an activating group) is 1. The lowest BCUT2D eigenvalue weighted by Gasteiger charge is -2.47. The van der Waals surface area contributed by atoms with Gasteiger partial charge in [-0.1, -0.05) is 18.2 Å². The summed E-state index contributed by atoms with van der Waals surface area (Å²) in [5.41, 5.74) is 2.64. The van der Waals surface area contributed by atoms with E-state index in [2.05, 4.69) is 52.7 Å². The summed E-state index contributed by atoms with van der Waals surface area (Å²) in [7, 11) is 5.90. The summed E-state index contributed by atoms with van der Waals surface area (Å²) < 4.78 is 7.46. The van der Waals surface area contributed by atoms with Crippen LogP contribution in [0.25, 0.3) is 0 Å². The smallest absolute Gasteiger partial charge is 0.251 e. The molecule has 27 heavy (non-hydrogen) atoms. The van der Waals surface area contributed by atoms with Crippen molar-refractivity contribution in [3.05, 3.63) is 64.1 Å². The number of fused-ring (bicyclic) bond motifs is 4. The second-order valence-electron chi connectivity index (χ2n) is 8.23. The van der Waals surface area contributed by atoms with Gasteiger partial charge >= 0.3 is 0 Å². The Morgan fingerprint density at radius 2 is 1.96 bits per heavy atom. The molecule has 5 nitrogen and oxygen atoms in total. The maximum absolute atomic E-state index is 12.6. The number of nitrogens with zero attached hydrogens (tertiary/aromatic N) is 3. The monoisotopic (exact) mass is 367 g/mol. The highest BCUT2D eigenvalue weighted by atomic mass is 16.5. The number of methoxy groups -OCH3 is 1. The van der Waals surface area contributed by atoms with Crippen LogP contribution in [0.1, 0.15) is 29.6 Å². The molecule has 5 heteroatoms. The van der Waals surface area contributed by atoms with Crippen LogP contribution in [0.2, 0.25) is 0 Å². The Morgan fingerprint density at radius 3 is 2.74 bits per heavy atom. The van der Waals surface area contributed by atoms with E-state index in [1.165, 1.54) is 17.7 Å². The van der Waals surface area contributed by atoms with Crippen LogP contribution in [0.5, 0.6) is 5.75 Å². The van der Waals surface area contributed by atoms with Crippen LogP contribution in [0.4, 0.5) is 0 Å². The topological polar surface area (TPSA) is 37.7 Å². The van der Waals surface area contributed by atoms with Crippen molar-refractivity contribution >= 4 is 0 Å². The van der Waals surface area contributed by atoms with Crippen molar-refractivity contribution in [2.24, 2.45) is 5.92 Å². The van der Waals surface area contributed by atoms with E-state index >= 15 is 0 Å². The van der Waals surface area contributed by atoms with E-state index in [0.29, 0.717) is 11.8 Å². The van der Waals surface area contributed by atoms with Crippen LogP contribution >= 0.6 is 0 Å². The zero-order chi connectivity index (χ0) is 19.0. The molecule has 0 radical (unpaired) electrons. The lowest BCUT2D eigenvalue weighted by Crippen LogP contribution is -2.51. The van der Waals surface area contributed by atoms with Crippen molar-refractivity contribution in [1.82, 2.24) is 14.4 Å². The first-order valence-corrected chi connectivity index (χ1v) is 9.76. The largest absolute Gasteiger partial charge is 0.497 e. The molecule has 0 unspecified atom stereocenters. The van der Waals surface area contributed by atoms with Gasteiger partial charge in [-0.25, -0.2) is 0 Å². The summed E-state index contributed by atoms with van der Waals surface area (Å²) in [6, 6.07) is 14.4. The highest BCUT2D eigenvalue weighted by molar-refractivity contribution is 5.28. The summed E-state index contributed by atoms with van der Waals surface area (Å²) in [6.45, 7) is 3.87. The van der Waals surface area contributed by atoms with Gasteiger partial charge in [0.05, 0.1) is 13.2 Å². The molecule has 0 spiro atoms. The average Bonchev–Trinajstić information content (AvgIpc) is 2.65. The SMILES string of the molecule is COc1cccc(CN2C[C@H]3C[C@@H](C2)[C@H](CN(C)C)n2c3cccc2=O)c1. The van der Waals surface area contributed by atoms with Crippen molar-refractivity contribution in [2.45, 2.75) is 24.9 Å². The average molecular weight is 367 g/mol. The van der Waals surface area contributed by atoms with Gasteiger partial charge < -0.3 is 14.2 Å². The molecule has 1 fully saturated rings. The molecule has 2 aliphatic rings. The number of pyridine rings is 1. The van der Waals surface area contributed by atoms with Gasteiger partial charge in [-0.05, 0) is 50.2 Å². The van der Waals surface area contributed by atoms with Crippen LogP contribution < -0.4 is 10.3 Å². The molecule has 3 heterocycles. The third-order valence-electron chi connectivity index (χ3n) is 5.97. The molecule has 1 saturated heterocycles. The molecule has 1 aromatic carbocycles. The first kappa shape index (κ1) is 18.3. The Morgan fingerprint density at radius 1 is 1.15 bits per heavy atom.